The second-order valence-electron chi connectivity index (χ2n) is 7.93. The second kappa shape index (κ2) is 12.6. The van der Waals surface area contributed by atoms with Gasteiger partial charge in [-0.3, -0.25) is 9.80 Å². The Bertz CT molecular complexity index is 773. The molecule has 0 spiro atoms. The molecule has 0 aliphatic carbocycles. The van der Waals surface area contributed by atoms with E-state index >= 15 is 0 Å². The molecule has 2 N–H and O–H groups in total. The number of ether oxygens (including phenoxy) is 2. The van der Waals surface area contributed by atoms with Gasteiger partial charge in [-0.05, 0) is 18.9 Å². The number of hydrogen-bond acceptors (Lipinski definition) is 7. The number of carboxylic acid groups (broad SMARTS) is 2. The van der Waals surface area contributed by atoms with Crippen molar-refractivity contribution in [1.82, 2.24) is 9.80 Å². The fraction of sp³-hybridized carbons (Fsp3) is 0.700. The molecule has 0 amide bonds. The molecular formula is C20H26F6N2O7. The SMILES string of the molecule is O=C(O)C(F)(F)F.O=C(O)C(F)(F)F.c1cc(CN2C[C@H](N3CCOCC3)[C@@H]3OCCC[C@@H]32)co1. The van der Waals surface area contributed by atoms with Gasteiger partial charge < -0.3 is 24.1 Å². The van der Waals surface area contributed by atoms with Crippen molar-refractivity contribution in [2.45, 2.75) is 49.9 Å². The number of morpholine rings is 1. The number of nitrogens with zero attached hydrogens (tertiary/aromatic N) is 2. The molecule has 35 heavy (non-hydrogen) atoms. The summed E-state index contributed by atoms with van der Waals surface area (Å²) in [5.41, 5.74) is 1.27. The van der Waals surface area contributed by atoms with Crippen LogP contribution in [0.1, 0.15) is 18.4 Å². The van der Waals surface area contributed by atoms with E-state index in [4.69, 9.17) is 33.7 Å². The summed E-state index contributed by atoms with van der Waals surface area (Å²) in [4.78, 5) is 23.0. The highest BCUT2D eigenvalue weighted by Gasteiger charge is 2.46. The van der Waals surface area contributed by atoms with E-state index in [0.717, 1.165) is 46.0 Å². The molecule has 0 saturated carbocycles. The van der Waals surface area contributed by atoms with Crippen molar-refractivity contribution in [2.75, 3.05) is 39.5 Å². The first kappa shape index (κ1) is 28.9. The molecule has 0 bridgehead atoms. The molecule has 4 rings (SSSR count). The lowest BCUT2D eigenvalue weighted by molar-refractivity contribution is -0.193. The number of alkyl halides is 6. The predicted octanol–water partition coefficient (Wildman–Crippen LogP) is 2.61. The maximum Gasteiger partial charge on any atom is 0.490 e. The van der Waals surface area contributed by atoms with E-state index in [0.29, 0.717) is 18.2 Å². The van der Waals surface area contributed by atoms with Gasteiger partial charge in [0.25, 0.3) is 0 Å². The summed E-state index contributed by atoms with van der Waals surface area (Å²) in [6.45, 7) is 6.78. The van der Waals surface area contributed by atoms with Gasteiger partial charge in [0.15, 0.2) is 0 Å². The average molecular weight is 520 g/mol. The maximum atomic E-state index is 10.6. The highest BCUT2D eigenvalue weighted by Crippen LogP contribution is 2.33. The normalized spacial score (nSPS) is 25.5. The third-order valence-corrected chi connectivity index (χ3v) is 5.57. The number of furan rings is 1. The Morgan fingerprint density at radius 1 is 0.971 bits per heavy atom. The Hall–Kier alpha value is -2.36. The molecule has 3 aliphatic heterocycles. The van der Waals surface area contributed by atoms with E-state index < -0.39 is 24.3 Å². The molecule has 0 aromatic carbocycles. The molecular weight excluding hydrogens is 494 g/mol. The lowest BCUT2D eigenvalue weighted by Crippen LogP contribution is -2.51. The van der Waals surface area contributed by atoms with Gasteiger partial charge in [0.05, 0.1) is 37.9 Å². The van der Waals surface area contributed by atoms with Gasteiger partial charge in [0.2, 0.25) is 0 Å². The summed E-state index contributed by atoms with van der Waals surface area (Å²) in [6, 6.07) is 3.15. The van der Waals surface area contributed by atoms with Crippen molar-refractivity contribution in [1.29, 1.82) is 0 Å². The molecule has 1 aromatic heterocycles. The van der Waals surface area contributed by atoms with Crippen molar-refractivity contribution >= 4 is 11.9 Å². The third-order valence-electron chi connectivity index (χ3n) is 5.57. The number of halogens is 6. The molecule has 3 saturated heterocycles. The average Bonchev–Trinajstić information content (AvgIpc) is 3.43. The van der Waals surface area contributed by atoms with Gasteiger partial charge in [-0.25, -0.2) is 9.59 Å². The lowest BCUT2D eigenvalue weighted by Gasteiger charge is -2.37. The summed E-state index contributed by atoms with van der Waals surface area (Å²) in [6.07, 6.45) is -3.74. The molecule has 0 unspecified atom stereocenters. The topological polar surface area (TPSA) is 113 Å². The minimum atomic E-state index is -5.08. The number of fused-ring (bicyclic) bond motifs is 1. The van der Waals surface area contributed by atoms with Crippen molar-refractivity contribution in [3.8, 4) is 0 Å². The molecule has 9 nitrogen and oxygen atoms in total. The monoisotopic (exact) mass is 520 g/mol. The van der Waals surface area contributed by atoms with E-state index in [1.807, 2.05) is 6.26 Å². The van der Waals surface area contributed by atoms with Crippen LogP contribution in [-0.2, 0) is 25.6 Å². The van der Waals surface area contributed by atoms with Crippen LogP contribution >= 0.6 is 0 Å². The highest BCUT2D eigenvalue weighted by atomic mass is 19.4. The fourth-order valence-electron chi connectivity index (χ4n) is 4.06. The predicted molar refractivity (Wildman–Crippen MR) is 105 cm³/mol. The Morgan fingerprint density at radius 3 is 2.03 bits per heavy atom. The maximum absolute atomic E-state index is 10.6. The number of carbonyl (C=O) groups is 2. The molecule has 15 heteroatoms. The van der Waals surface area contributed by atoms with Crippen LogP contribution in [0.15, 0.2) is 23.0 Å². The van der Waals surface area contributed by atoms with Crippen molar-refractivity contribution < 1.29 is 60.0 Å². The Morgan fingerprint density at radius 2 is 1.54 bits per heavy atom. The zero-order valence-electron chi connectivity index (χ0n) is 18.4. The van der Waals surface area contributed by atoms with Gasteiger partial charge in [-0.2, -0.15) is 26.3 Å². The largest absolute Gasteiger partial charge is 0.490 e. The van der Waals surface area contributed by atoms with E-state index in [9.17, 15) is 26.3 Å². The van der Waals surface area contributed by atoms with Crippen molar-refractivity contribution in [3.63, 3.8) is 0 Å². The van der Waals surface area contributed by atoms with Crippen LogP contribution in [0, 0.1) is 0 Å². The minimum Gasteiger partial charge on any atom is -0.475 e. The van der Waals surface area contributed by atoms with E-state index in [2.05, 4.69) is 15.9 Å². The zero-order valence-corrected chi connectivity index (χ0v) is 18.4. The third kappa shape index (κ3) is 8.98. The van der Waals surface area contributed by atoms with Gasteiger partial charge in [0, 0.05) is 44.4 Å². The zero-order chi connectivity index (χ0) is 26.2. The van der Waals surface area contributed by atoms with E-state index in [-0.39, 0.29) is 0 Å². The molecule has 3 fully saturated rings. The van der Waals surface area contributed by atoms with Crippen LogP contribution in [0.4, 0.5) is 26.3 Å². The minimum absolute atomic E-state index is 0.365. The molecule has 200 valence electrons. The van der Waals surface area contributed by atoms with Crippen LogP contribution in [-0.4, -0.2) is 102 Å². The first-order chi connectivity index (χ1) is 16.3. The van der Waals surface area contributed by atoms with Crippen LogP contribution in [0.5, 0.6) is 0 Å². The molecule has 0 radical (unpaired) electrons. The number of rotatable bonds is 3. The molecule has 1 aromatic rings. The van der Waals surface area contributed by atoms with Gasteiger partial charge in [-0.1, -0.05) is 0 Å². The van der Waals surface area contributed by atoms with Crippen molar-refractivity contribution in [3.05, 3.63) is 24.2 Å². The number of carboxylic acids is 2. The molecule has 4 heterocycles. The van der Waals surface area contributed by atoms with Crippen molar-refractivity contribution in [2.24, 2.45) is 0 Å². The number of aliphatic carboxylic acids is 2. The smallest absolute Gasteiger partial charge is 0.475 e. The quantitative estimate of drug-likeness (QED) is 0.581. The van der Waals surface area contributed by atoms with Gasteiger partial charge in [-0.15, -0.1) is 0 Å². The summed E-state index contributed by atoms with van der Waals surface area (Å²) in [5, 5.41) is 14.2. The standard InChI is InChI=1S/C16H24N2O3.2C2HF3O2/c1-2-14-16(21-6-1)15(17-4-8-19-9-5-17)11-18(14)10-13-3-7-20-12-13;2*3-2(4,5)1(6)7/h3,7,12,14-16H,1-2,4-6,8-11H2;2*(H,6,7)/t14-,15-,16+;;/m0../s1. The number of hydrogen-bond donors (Lipinski definition) is 2. The number of likely N-dealkylation sites (tertiary alicyclic amines) is 1. The summed E-state index contributed by atoms with van der Waals surface area (Å²) in [5.74, 6) is -5.51. The summed E-state index contributed by atoms with van der Waals surface area (Å²) < 4.78 is 80.4. The highest BCUT2D eigenvalue weighted by molar-refractivity contribution is 5.73. The first-order valence-corrected chi connectivity index (χ1v) is 10.6. The van der Waals surface area contributed by atoms with Crippen LogP contribution < -0.4 is 0 Å². The Labute approximate surface area is 196 Å². The van der Waals surface area contributed by atoms with Gasteiger partial charge in [0.1, 0.15) is 0 Å². The van der Waals surface area contributed by atoms with E-state index in [1.54, 1.807) is 6.26 Å². The van der Waals surface area contributed by atoms with Crippen LogP contribution in [0.3, 0.4) is 0 Å². The lowest BCUT2D eigenvalue weighted by atomic mass is 10.00. The van der Waals surface area contributed by atoms with Gasteiger partial charge >= 0.3 is 24.3 Å². The van der Waals surface area contributed by atoms with Crippen LogP contribution in [0.2, 0.25) is 0 Å². The molecule has 3 atom stereocenters. The second-order valence-corrected chi connectivity index (χ2v) is 7.93. The van der Waals surface area contributed by atoms with Crippen LogP contribution in [0.25, 0.3) is 0 Å². The summed E-state index contributed by atoms with van der Waals surface area (Å²) >= 11 is 0. The molecule has 3 aliphatic rings. The first-order valence-electron chi connectivity index (χ1n) is 10.6. The Balaban J connectivity index is 0.000000257. The Kier molecular flexibility index (Phi) is 10.4. The fourth-order valence-corrected chi connectivity index (χ4v) is 4.06. The summed E-state index contributed by atoms with van der Waals surface area (Å²) in [7, 11) is 0. The van der Waals surface area contributed by atoms with E-state index in [1.165, 1.54) is 18.4 Å².